The van der Waals surface area contributed by atoms with Crippen molar-refractivity contribution in [3.63, 3.8) is 0 Å². The number of carbonyl (C=O) groups is 1. The van der Waals surface area contributed by atoms with E-state index in [0.29, 0.717) is 28.8 Å². The Bertz CT molecular complexity index is 492. The molecule has 1 aliphatic heterocycles. The highest BCUT2D eigenvalue weighted by Gasteiger charge is 2.60. The molecule has 3 saturated carbocycles. The molecule has 4 rings (SSSR count). The van der Waals surface area contributed by atoms with Crippen LogP contribution in [0.3, 0.4) is 0 Å². The first-order valence-electron chi connectivity index (χ1n) is 9.39. The number of rotatable bonds is 0. The minimum Gasteiger partial charge on any atom is -0.342 e. The van der Waals surface area contributed by atoms with Crippen LogP contribution in [0.25, 0.3) is 0 Å². The minimum absolute atomic E-state index is 0.347. The van der Waals surface area contributed by atoms with Gasteiger partial charge in [0.1, 0.15) is 0 Å². The topological polar surface area (TPSA) is 46.3 Å². The molecule has 1 unspecified atom stereocenters. The quantitative estimate of drug-likeness (QED) is 0.747. The van der Waals surface area contributed by atoms with Crippen molar-refractivity contribution in [1.82, 2.24) is 4.90 Å². The summed E-state index contributed by atoms with van der Waals surface area (Å²) >= 11 is 0. The maximum atomic E-state index is 12.1. The third-order valence-corrected chi connectivity index (χ3v) is 8.63. The van der Waals surface area contributed by atoms with E-state index in [4.69, 9.17) is 5.73 Å². The van der Waals surface area contributed by atoms with Crippen LogP contribution in [0, 0.1) is 28.6 Å². The van der Waals surface area contributed by atoms with Gasteiger partial charge in [0.15, 0.2) is 0 Å². The summed E-state index contributed by atoms with van der Waals surface area (Å²) in [7, 11) is 2.04. The summed E-state index contributed by atoms with van der Waals surface area (Å²) in [5.41, 5.74) is 7.23. The van der Waals surface area contributed by atoms with Crippen molar-refractivity contribution in [3.8, 4) is 0 Å². The molecule has 0 spiro atoms. The van der Waals surface area contributed by atoms with Gasteiger partial charge < -0.3 is 10.6 Å². The summed E-state index contributed by atoms with van der Waals surface area (Å²) in [6.45, 7) is 4.96. The van der Waals surface area contributed by atoms with E-state index in [1.54, 1.807) is 0 Å². The number of hydrogen-bond donors (Lipinski definition) is 1. The second kappa shape index (κ2) is 4.72. The molecular formula is C19H32N2O. The van der Waals surface area contributed by atoms with E-state index >= 15 is 0 Å². The molecule has 3 heteroatoms. The standard InChI is InChI=1S/C19H32N2O/c1-18-10-8-14-12(13(18)5-6-15(18)20)4-7-16-19(14,2)11-9-17(22)21(16)3/h12-16H,4-11,20H2,1-3H3/t12-,13-,14-,15?,16+,18-,19+/m0/s1. The van der Waals surface area contributed by atoms with E-state index < -0.39 is 0 Å². The van der Waals surface area contributed by atoms with Crippen molar-refractivity contribution in [2.45, 2.75) is 77.3 Å². The fourth-order valence-corrected chi connectivity index (χ4v) is 7.19. The van der Waals surface area contributed by atoms with Gasteiger partial charge in [0.2, 0.25) is 5.91 Å². The van der Waals surface area contributed by atoms with Gasteiger partial charge in [-0.15, -0.1) is 0 Å². The molecule has 3 nitrogen and oxygen atoms in total. The van der Waals surface area contributed by atoms with Crippen LogP contribution in [0.5, 0.6) is 0 Å². The third kappa shape index (κ3) is 1.75. The SMILES string of the molecule is CN1C(=O)CC[C@]2(C)[C@H]3CC[C@]4(C)C(N)CC[C@H]4[C@@H]3CC[C@@H]12. The number of nitrogens with two attached hydrogens (primary N) is 1. The fourth-order valence-electron chi connectivity index (χ4n) is 7.19. The predicted octanol–water partition coefficient (Wildman–Crippen LogP) is 3.18. The maximum Gasteiger partial charge on any atom is 0.222 e. The monoisotopic (exact) mass is 304 g/mol. The molecule has 1 heterocycles. The van der Waals surface area contributed by atoms with Crippen LogP contribution in [0.15, 0.2) is 0 Å². The van der Waals surface area contributed by atoms with Crippen LogP contribution >= 0.6 is 0 Å². The summed E-state index contributed by atoms with van der Waals surface area (Å²) in [5.74, 6) is 2.87. The van der Waals surface area contributed by atoms with Gasteiger partial charge in [0.05, 0.1) is 0 Å². The van der Waals surface area contributed by atoms with E-state index in [1.165, 1.54) is 38.5 Å². The smallest absolute Gasteiger partial charge is 0.222 e. The molecule has 0 aromatic heterocycles. The first-order valence-corrected chi connectivity index (χ1v) is 9.39. The van der Waals surface area contributed by atoms with Crippen LogP contribution in [0.2, 0.25) is 0 Å². The second-order valence-electron chi connectivity index (χ2n) is 9.21. The summed E-state index contributed by atoms with van der Waals surface area (Å²) in [4.78, 5) is 14.2. The molecule has 4 fully saturated rings. The molecule has 124 valence electrons. The van der Waals surface area contributed by atoms with Gasteiger partial charge >= 0.3 is 0 Å². The minimum atomic E-state index is 0.347. The number of amides is 1. The van der Waals surface area contributed by atoms with Crippen LogP contribution in [0.4, 0.5) is 0 Å². The van der Waals surface area contributed by atoms with Gasteiger partial charge in [-0.25, -0.2) is 0 Å². The summed E-state index contributed by atoms with van der Waals surface area (Å²) in [6.07, 6.45) is 9.60. The van der Waals surface area contributed by atoms with E-state index in [1.807, 2.05) is 7.05 Å². The van der Waals surface area contributed by atoms with Crippen molar-refractivity contribution >= 4 is 5.91 Å². The number of hydrogen-bond acceptors (Lipinski definition) is 2. The Morgan fingerprint density at radius 2 is 1.73 bits per heavy atom. The molecule has 0 radical (unpaired) electrons. The van der Waals surface area contributed by atoms with Gasteiger partial charge in [-0.3, -0.25) is 4.79 Å². The highest BCUT2D eigenvalue weighted by molar-refractivity contribution is 5.77. The highest BCUT2D eigenvalue weighted by atomic mass is 16.2. The Morgan fingerprint density at radius 3 is 2.50 bits per heavy atom. The van der Waals surface area contributed by atoms with Crippen molar-refractivity contribution < 1.29 is 4.79 Å². The number of nitrogens with zero attached hydrogens (tertiary/aromatic N) is 1. The first kappa shape index (κ1) is 15.0. The Morgan fingerprint density at radius 1 is 1.00 bits per heavy atom. The normalized spacial score (nSPS) is 54.6. The lowest BCUT2D eigenvalue weighted by molar-refractivity contribution is -0.157. The maximum absolute atomic E-state index is 12.1. The fraction of sp³-hybridized carbons (Fsp3) is 0.947. The number of carbonyl (C=O) groups excluding carboxylic acids is 1. The lowest BCUT2D eigenvalue weighted by Crippen LogP contribution is -2.61. The molecule has 3 aliphatic carbocycles. The molecule has 1 saturated heterocycles. The van der Waals surface area contributed by atoms with Crippen molar-refractivity contribution in [2.75, 3.05) is 7.05 Å². The van der Waals surface area contributed by atoms with E-state index in [0.717, 1.165) is 30.6 Å². The van der Waals surface area contributed by atoms with Crippen molar-refractivity contribution in [1.29, 1.82) is 0 Å². The average molecular weight is 304 g/mol. The molecule has 0 aromatic rings. The Balaban J connectivity index is 1.65. The van der Waals surface area contributed by atoms with E-state index in [-0.39, 0.29) is 0 Å². The van der Waals surface area contributed by atoms with E-state index in [9.17, 15) is 4.79 Å². The van der Waals surface area contributed by atoms with Gasteiger partial charge in [0.25, 0.3) is 0 Å². The van der Waals surface area contributed by atoms with Gasteiger partial charge in [-0.1, -0.05) is 13.8 Å². The molecule has 0 aromatic carbocycles. The molecule has 0 bridgehead atoms. The second-order valence-corrected chi connectivity index (χ2v) is 9.21. The Kier molecular flexibility index (Phi) is 3.21. The number of fused-ring (bicyclic) bond motifs is 5. The molecule has 1 amide bonds. The zero-order valence-corrected chi connectivity index (χ0v) is 14.5. The number of likely N-dealkylation sites (tertiary alicyclic amines) is 1. The summed E-state index contributed by atoms with van der Waals surface area (Å²) in [5, 5.41) is 0. The number of piperidine rings is 1. The summed E-state index contributed by atoms with van der Waals surface area (Å²) < 4.78 is 0. The Labute approximate surface area is 135 Å². The van der Waals surface area contributed by atoms with E-state index in [2.05, 4.69) is 18.7 Å². The largest absolute Gasteiger partial charge is 0.342 e. The van der Waals surface area contributed by atoms with Gasteiger partial charge in [-0.05, 0) is 73.5 Å². The van der Waals surface area contributed by atoms with Gasteiger partial charge in [-0.2, -0.15) is 0 Å². The predicted molar refractivity (Wildman–Crippen MR) is 88.2 cm³/mol. The zero-order chi connectivity index (χ0) is 15.7. The van der Waals surface area contributed by atoms with Crippen LogP contribution in [0.1, 0.15) is 65.2 Å². The van der Waals surface area contributed by atoms with Crippen molar-refractivity contribution in [2.24, 2.45) is 34.3 Å². The van der Waals surface area contributed by atoms with Crippen LogP contribution < -0.4 is 5.73 Å². The van der Waals surface area contributed by atoms with Crippen LogP contribution in [-0.2, 0) is 4.79 Å². The summed E-state index contributed by atoms with van der Waals surface area (Å²) in [6, 6.07) is 0.897. The highest BCUT2D eigenvalue weighted by Crippen LogP contribution is 2.64. The first-order chi connectivity index (χ1) is 10.4. The molecule has 2 N–H and O–H groups in total. The van der Waals surface area contributed by atoms with Gasteiger partial charge in [0, 0.05) is 25.6 Å². The zero-order valence-electron chi connectivity index (χ0n) is 14.5. The molecular weight excluding hydrogens is 272 g/mol. The van der Waals surface area contributed by atoms with Crippen LogP contribution in [-0.4, -0.2) is 29.9 Å². The molecule has 22 heavy (non-hydrogen) atoms. The molecule has 4 aliphatic rings. The molecule has 7 atom stereocenters. The average Bonchev–Trinajstić information content (AvgIpc) is 2.79. The lowest BCUT2D eigenvalue weighted by Gasteiger charge is -2.61. The third-order valence-electron chi connectivity index (χ3n) is 8.63. The van der Waals surface area contributed by atoms with Crippen molar-refractivity contribution in [3.05, 3.63) is 0 Å². The Hall–Kier alpha value is -0.570. The lowest BCUT2D eigenvalue weighted by atomic mass is 9.47.